The zero-order valence-electron chi connectivity index (χ0n) is 43.0. The first-order valence-corrected chi connectivity index (χ1v) is 25.9. The summed E-state index contributed by atoms with van der Waals surface area (Å²) in [5, 5.41) is 5.69. The van der Waals surface area contributed by atoms with Gasteiger partial charge in [-0.15, -0.1) is 0 Å². The standard InChI is InChI=1S/C50H82N8O10S/c1-36(59)31-54-22-23-55(32-37(2)60)25-28-57(35-46(64)67-49(3,4)5)29-27-56(26-24-54)34-45(63)58-21-18-39-38(33-58)13-12-14-40(39)47(65)53-41(19-30-69-9)43(61)16-17-44(62)52-42(15-10-11-20-51)48(66)68-50(6,7)8/h12-14,41-42H,10-11,15-35,51H2,1-9H3,(H,52,62)(H,53,65)/t41-,42-/m0/s1. The number of unbranched alkanes of at least 4 members (excludes halogenated alkanes) is 1. The van der Waals surface area contributed by atoms with E-state index in [1.165, 1.54) is 11.8 Å². The molecule has 0 bridgehead atoms. The van der Waals surface area contributed by atoms with Crippen LogP contribution in [0.1, 0.15) is 115 Å². The van der Waals surface area contributed by atoms with Crippen LogP contribution in [0.3, 0.4) is 0 Å². The van der Waals surface area contributed by atoms with Crippen LogP contribution in [0.15, 0.2) is 18.2 Å². The Kier molecular flexibility index (Phi) is 25.0. The predicted molar refractivity (Wildman–Crippen MR) is 268 cm³/mol. The highest BCUT2D eigenvalue weighted by Gasteiger charge is 2.31. The Morgan fingerprint density at radius 2 is 1.23 bits per heavy atom. The first kappa shape index (κ1) is 59.0. The van der Waals surface area contributed by atoms with Crippen LogP contribution < -0.4 is 16.4 Å². The van der Waals surface area contributed by atoms with Gasteiger partial charge in [0.25, 0.3) is 5.91 Å². The van der Waals surface area contributed by atoms with Crippen LogP contribution >= 0.6 is 11.8 Å². The number of hydrogen-bond donors (Lipinski definition) is 3. The molecule has 4 N–H and O–H groups in total. The van der Waals surface area contributed by atoms with Crippen LogP contribution in [0.4, 0.5) is 0 Å². The molecule has 2 heterocycles. The Hall–Kier alpha value is -4.27. The van der Waals surface area contributed by atoms with Crippen molar-refractivity contribution in [3.8, 4) is 0 Å². The van der Waals surface area contributed by atoms with Gasteiger partial charge in [-0.2, -0.15) is 11.8 Å². The van der Waals surface area contributed by atoms with E-state index in [4.69, 9.17) is 15.2 Å². The van der Waals surface area contributed by atoms with Gasteiger partial charge in [0.15, 0.2) is 5.78 Å². The molecule has 3 rings (SSSR count). The van der Waals surface area contributed by atoms with Crippen LogP contribution in [-0.2, 0) is 56.0 Å². The van der Waals surface area contributed by atoms with Gasteiger partial charge in [-0.05, 0) is 123 Å². The van der Waals surface area contributed by atoms with E-state index in [0.29, 0.717) is 109 Å². The molecule has 0 saturated carbocycles. The van der Waals surface area contributed by atoms with Crippen molar-refractivity contribution in [1.82, 2.24) is 35.1 Å². The summed E-state index contributed by atoms with van der Waals surface area (Å²) in [6.45, 7) is 19.7. The van der Waals surface area contributed by atoms with Crippen molar-refractivity contribution in [2.24, 2.45) is 5.73 Å². The van der Waals surface area contributed by atoms with E-state index in [2.05, 4.69) is 25.3 Å². The molecule has 1 aromatic carbocycles. The van der Waals surface area contributed by atoms with E-state index in [1.54, 1.807) is 51.7 Å². The molecule has 2 atom stereocenters. The van der Waals surface area contributed by atoms with E-state index in [-0.39, 0.29) is 74.8 Å². The van der Waals surface area contributed by atoms with Crippen LogP contribution in [0, 0.1) is 0 Å². The molecule has 2 aliphatic heterocycles. The summed E-state index contributed by atoms with van der Waals surface area (Å²) in [5.41, 5.74) is 6.31. The van der Waals surface area contributed by atoms with Gasteiger partial charge in [0.2, 0.25) is 11.8 Å². The average molecular weight is 987 g/mol. The van der Waals surface area contributed by atoms with Crippen molar-refractivity contribution in [3.63, 3.8) is 0 Å². The molecule has 388 valence electrons. The molecule has 3 amide bonds. The summed E-state index contributed by atoms with van der Waals surface area (Å²) in [4.78, 5) is 115. The Balaban J connectivity index is 1.72. The van der Waals surface area contributed by atoms with Gasteiger partial charge < -0.3 is 30.7 Å². The molecule has 0 radical (unpaired) electrons. The van der Waals surface area contributed by atoms with E-state index < -0.39 is 41.1 Å². The third-order valence-electron chi connectivity index (χ3n) is 11.7. The minimum atomic E-state index is -0.871. The summed E-state index contributed by atoms with van der Waals surface area (Å²) in [6.07, 6.45) is 4.06. The predicted octanol–water partition coefficient (Wildman–Crippen LogP) is 2.47. The number of thioether (sulfide) groups is 1. The van der Waals surface area contributed by atoms with Crippen LogP contribution in [-0.4, -0.2) is 198 Å². The van der Waals surface area contributed by atoms with Crippen LogP contribution in [0.25, 0.3) is 0 Å². The van der Waals surface area contributed by atoms with Crippen LogP contribution in [0.5, 0.6) is 0 Å². The third kappa shape index (κ3) is 23.0. The second-order valence-corrected chi connectivity index (χ2v) is 21.3. The number of carbonyl (C=O) groups excluding carboxylic acids is 8. The van der Waals surface area contributed by atoms with E-state index in [1.807, 2.05) is 38.0 Å². The van der Waals surface area contributed by atoms with Gasteiger partial charge in [-0.25, -0.2) is 4.79 Å². The Morgan fingerprint density at radius 1 is 0.681 bits per heavy atom. The van der Waals surface area contributed by atoms with Gasteiger partial charge >= 0.3 is 11.9 Å². The molecule has 1 saturated heterocycles. The molecule has 2 aliphatic rings. The number of ketones is 3. The topological polar surface area (TPSA) is 221 Å². The number of Topliss-reactive ketones (excluding diaryl/α,β-unsaturated/α-hetero) is 3. The third-order valence-corrected chi connectivity index (χ3v) is 12.3. The number of fused-ring (bicyclic) bond motifs is 1. The number of nitrogens with zero attached hydrogens (tertiary/aromatic N) is 5. The minimum absolute atomic E-state index is 0.0226. The van der Waals surface area contributed by atoms with Crippen molar-refractivity contribution < 1.29 is 47.8 Å². The van der Waals surface area contributed by atoms with Crippen LogP contribution in [0.2, 0.25) is 0 Å². The molecule has 0 spiro atoms. The Bertz CT molecular complexity index is 1900. The fraction of sp³-hybridized carbons (Fsp3) is 0.720. The molecule has 0 aliphatic carbocycles. The van der Waals surface area contributed by atoms with E-state index >= 15 is 0 Å². The largest absolute Gasteiger partial charge is 0.459 e. The summed E-state index contributed by atoms with van der Waals surface area (Å²) in [6, 6.07) is 3.69. The molecule has 1 aromatic rings. The lowest BCUT2D eigenvalue weighted by Crippen LogP contribution is -2.50. The summed E-state index contributed by atoms with van der Waals surface area (Å²) >= 11 is 1.54. The first-order chi connectivity index (χ1) is 32.5. The zero-order chi connectivity index (χ0) is 51.3. The molecular weight excluding hydrogens is 905 g/mol. The number of nitrogens with one attached hydrogen (secondary N) is 2. The molecule has 0 unspecified atom stereocenters. The Morgan fingerprint density at radius 3 is 1.75 bits per heavy atom. The summed E-state index contributed by atoms with van der Waals surface area (Å²) in [5.74, 6) is -1.50. The van der Waals surface area contributed by atoms with Crippen molar-refractivity contribution >= 4 is 58.8 Å². The number of carbonyl (C=O) groups is 8. The number of rotatable bonds is 23. The Labute approximate surface area is 414 Å². The smallest absolute Gasteiger partial charge is 0.329 e. The fourth-order valence-electron chi connectivity index (χ4n) is 8.30. The SMILES string of the molecule is CSCC[C@H](NC(=O)c1cccc2c1CCN(C(=O)CN1CCN(CC(C)=O)CCN(CC(C)=O)CCN(CC(=O)OC(C)(C)C)CC1)C2)C(=O)CCC(=O)N[C@@H](CCCCN)C(=O)OC(C)(C)C. The summed E-state index contributed by atoms with van der Waals surface area (Å²) in [7, 11) is 0. The molecule has 1 fully saturated rings. The van der Waals surface area contributed by atoms with E-state index in [9.17, 15) is 38.4 Å². The molecule has 19 heteroatoms. The normalized spacial score (nSPS) is 17.0. The fourth-order valence-corrected chi connectivity index (χ4v) is 8.77. The van der Waals surface area contributed by atoms with Gasteiger partial charge in [0.1, 0.15) is 28.8 Å². The monoisotopic (exact) mass is 987 g/mol. The maximum absolute atomic E-state index is 14.1. The second kappa shape index (κ2) is 29.2. The number of nitrogens with two attached hydrogens (primary N) is 1. The van der Waals surface area contributed by atoms with Gasteiger partial charge in [-0.3, -0.25) is 53.2 Å². The summed E-state index contributed by atoms with van der Waals surface area (Å²) < 4.78 is 11.2. The first-order valence-electron chi connectivity index (χ1n) is 24.5. The lowest BCUT2D eigenvalue weighted by atomic mass is 9.93. The highest BCUT2D eigenvalue weighted by Crippen LogP contribution is 2.24. The quantitative estimate of drug-likeness (QED) is 0.106. The van der Waals surface area contributed by atoms with Crippen molar-refractivity contribution in [2.75, 3.05) is 104 Å². The highest BCUT2D eigenvalue weighted by molar-refractivity contribution is 7.98. The maximum Gasteiger partial charge on any atom is 0.329 e. The van der Waals surface area contributed by atoms with E-state index in [0.717, 1.165) is 11.1 Å². The zero-order valence-corrected chi connectivity index (χ0v) is 43.8. The molecule has 0 aromatic heterocycles. The maximum atomic E-state index is 14.1. The van der Waals surface area contributed by atoms with Gasteiger partial charge in [0, 0.05) is 83.9 Å². The molecule has 18 nitrogen and oxygen atoms in total. The van der Waals surface area contributed by atoms with Gasteiger partial charge in [-0.1, -0.05) is 12.1 Å². The molecular formula is C50H82N8O10S. The molecule has 69 heavy (non-hydrogen) atoms. The number of amides is 3. The van der Waals surface area contributed by atoms with Gasteiger partial charge in [0.05, 0.1) is 32.2 Å². The number of ether oxygens (including phenoxy) is 2. The average Bonchev–Trinajstić information content (AvgIpc) is 3.25. The van der Waals surface area contributed by atoms with Crippen molar-refractivity contribution in [1.29, 1.82) is 0 Å². The second-order valence-electron chi connectivity index (χ2n) is 20.3. The number of esters is 2. The minimum Gasteiger partial charge on any atom is -0.459 e. The number of benzene rings is 1. The lowest BCUT2D eigenvalue weighted by Gasteiger charge is -2.35. The lowest BCUT2D eigenvalue weighted by molar-refractivity contribution is -0.159. The highest BCUT2D eigenvalue weighted by atomic mass is 32.2. The van der Waals surface area contributed by atoms with Crippen molar-refractivity contribution in [2.45, 2.75) is 130 Å². The van der Waals surface area contributed by atoms with Crippen molar-refractivity contribution in [3.05, 3.63) is 34.9 Å². The number of hydrogen-bond acceptors (Lipinski definition) is 16.